The zero-order chi connectivity index (χ0) is 11.6. The average Bonchev–Trinajstić information content (AvgIpc) is 2.30. The molecule has 0 fully saturated rings. The van der Waals surface area contributed by atoms with Crippen LogP contribution in [0, 0.1) is 0 Å². The molecule has 0 aliphatic rings. The molecule has 87 valence electrons. The molecule has 0 heterocycles. The summed E-state index contributed by atoms with van der Waals surface area (Å²) in [4.78, 5) is 0. The Hall–Kier alpha value is 0.0849. The van der Waals surface area contributed by atoms with Gasteiger partial charge in [0.25, 0.3) is 0 Å². The summed E-state index contributed by atoms with van der Waals surface area (Å²) in [5, 5.41) is 0. The molecule has 1 aromatic carbocycles. The smallest absolute Gasteiger partial charge is 0.119 e. The summed E-state index contributed by atoms with van der Waals surface area (Å²) < 4.78 is 5.61. The van der Waals surface area contributed by atoms with Gasteiger partial charge in [-0.15, -0.1) is 0 Å². The number of hydrogen-bond acceptors (Lipinski definition) is 1. The van der Waals surface area contributed by atoms with Gasteiger partial charge in [0.15, 0.2) is 0 Å². The molecule has 0 aromatic heterocycles. The molecular weight excluding hydrogens is 218 g/mol. The van der Waals surface area contributed by atoms with Crippen molar-refractivity contribution >= 4 is 42.9 Å². The van der Waals surface area contributed by atoms with E-state index in [1.165, 1.54) is 32.1 Å². The van der Waals surface area contributed by atoms with E-state index in [0.29, 0.717) is 0 Å². The summed E-state index contributed by atoms with van der Waals surface area (Å²) in [6.45, 7) is 3.06. The van der Waals surface area contributed by atoms with Crippen molar-refractivity contribution in [2.24, 2.45) is 0 Å². The molecule has 0 N–H and O–H groups in total. The number of hydrogen-bond donors (Lipinski definition) is 0. The minimum atomic E-state index is 0. The Balaban J connectivity index is 0.00000256. The van der Waals surface area contributed by atoms with Crippen LogP contribution in [0.15, 0.2) is 24.3 Å². The van der Waals surface area contributed by atoms with Gasteiger partial charge in [0, 0.05) is 29.6 Å². The standard InChI is InChI=1S/C14H21BO.Na/c1-2-3-4-5-6-7-12-16-14-10-8-13(15)9-11-14;/h8-11H,2-7,12H2,1H3;. The maximum Gasteiger partial charge on any atom is 0.119 e. The van der Waals surface area contributed by atoms with Crippen LogP contribution >= 0.6 is 0 Å². The summed E-state index contributed by atoms with van der Waals surface area (Å²) in [7, 11) is 5.59. The predicted octanol–water partition coefficient (Wildman–Crippen LogP) is 2.84. The zero-order valence-corrected chi connectivity index (χ0v) is 13.2. The third-order valence-electron chi connectivity index (χ3n) is 2.65. The fourth-order valence-corrected chi connectivity index (χ4v) is 1.64. The van der Waals surface area contributed by atoms with Gasteiger partial charge >= 0.3 is 0 Å². The molecule has 3 heteroatoms. The maximum absolute atomic E-state index is 5.61. The van der Waals surface area contributed by atoms with Gasteiger partial charge in [-0.3, -0.25) is 0 Å². The van der Waals surface area contributed by atoms with Gasteiger partial charge in [-0.2, -0.15) is 0 Å². The Kier molecular flexibility index (Phi) is 11.2. The van der Waals surface area contributed by atoms with E-state index in [0.717, 1.165) is 24.2 Å². The second kappa shape index (κ2) is 11.2. The van der Waals surface area contributed by atoms with E-state index in [2.05, 4.69) is 6.92 Å². The van der Waals surface area contributed by atoms with E-state index in [1.807, 2.05) is 24.3 Å². The third-order valence-corrected chi connectivity index (χ3v) is 2.65. The van der Waals surface area contributed by atoms with E-state index in [9.17, 15) is 0 Å². The Morgan fingerprint density at radius 1 is 0.941 bits per heavy atom. The van der Waals surface area contributed by atoms with Gasteiger partial charge in [-0.05, 0) is 18.6 Å². The second-order valence-corrected chi connectivity index (χ2v) is 4.19. The summed E-state index contributed by atoms with van der Waals surface area (Å²) in [6.07, 6.45) is 7.78. The molecular formula is C14H21BNaO. The van der Waals surface area contributed by atoms with Crippen LogP contribution in [0.25, 0.3) is 0 Å². The number of rotatable bonds is 8. The van der Waals surface area contributed by atoms with E-state index in [1.54, 1.807) is 0 Å². The first-order valence-electron chi connectivity index (χ1n) is 6.31. The van der Waals surface area contributed by atoms with Crippen LogP contribution in [0.4, 0.5) is 0 Å². The Labute approximate surface area is 129 Å². The van der Waals surface area contributed by atoms with Crippen molar-refractivity contribution < 1.29 is 4.74 Å². The van der Waals surface area contributed by atoms with Crippen molar-refractivity contribution in [2.75, 3.05) is 6.61 Å². The van der Waals surface area contributed by atoms with Crippen molar-refractivity contribution in [3.05, 3.63) is 24.3 Å². The number of unbranched alkanes of at least 4 members (excludes halogenated alkanes) is 5. The molecule has 1 aromatic rings. The molecule has 0 saturated heterocycles. The quantitative estimate of drug-likeness (QED) is 0.500. The minimum Gasteiger partial charge on any atom is -0.494 e. The topological polar surface area (TPSA) is 9.23 Å². The second-order valence-electron chi connectivity index (χ2n) is 4.19. The molecule has 0 aliphatic carbocycles. The molecule has 0 spiro atoms. The van der Waals surface area contributed by atoms with Crippen LogP contribution in [0.3, 0.4) is 0 Å². The predicted molar refractivity (Wildman–Crippen MR) is 76.5 cm³/mol. The first kappa shape index (κ1) is 17.1. The molecule has 0 unspecified atom stereocenters. The third kappa shape index (κ3) is 8.76. The molecule has 17 heavy (non-hydrogen) atoms. The fraction of sp³-hybridized carbons (Fsp3) is 0.571. The van der Waals surface area contributed by atoms with Crippen molar-refractivity contribution in [1.82, 2.24) is 0 Å². The first-order chi connectivity index (χ1) is 7.83. The Morgan fingerprint density at radius 3 is 2.18 bits per heavy atom. The minimum absolute atomic E-state index is 0. The van der Waals surface area contributed by atoms with Crippen molar-refractivity contribution in [2.45, 2.75) is 45.4 Å². The van der Waals surface area contributed by atoms with Crippen molar-refractivity contribution in [3.8, 4) is 5.75 Å². The summed E-state index contributed by atoms with van der Waals surface area (Å²) in [5.41, 5.74) is 0.784. The van der Waals surface area contributed by atoms with Crippen LogP contribution in [-0.2, 0) is 0 Å². The molecule has 1 rings (SSSR count). The van der Waals surface area contributed by atoms with Crippen LogP contribution < -0.4 is 10.2 Å². The molecule has 3 radical (unpaired) electrons. The van der Waals surface area contributed by atoms with E-state index in [4.69, 9.17) is 12.6 Å². The molecule has 0 amide bonds. The molecule has 0 atom stereocenters. The monoisotopic (exact) mass is 239 g/mol. The van der Waals surface area contributed by atoms with Crippen molar-refractivity contribution in [3.63, 3.8) is 0 Å². The van der Waals surface area contributed by atoms with Crippen LogP contribution in [0.5, 0.6) is 5.75 Å². The molecule has 0 aliphatic heterocycles. The normalized spacial score (nSPS) is 9.71. The SMILES string of the molecule is [B]c1ccc(OCCCCCCCC)cc1.[Na]. The van der Waals surface area contributed by atoms with Gasteiger partial charge in [0.2, 0.25) is 0 Å². The van der Waals surface area contributed by atoms with Crippen LogP contribution in [-0.4, -0.2) is 44.0 Å². The van der Waals surface area contributed by atoms with E-state index >= 15 is 0 Å². The molecule has 1 nitrogen and oxygen atoms in total. The Bertz CT molecular complexity index is 274. The number of ether oxygens (including phenoxy) is 1. The molecule has 0 bridgehead atoms. The van der Waals surface area contributed by atoms with Gasteiger partial charge < -0.3 is 4.74 Å². The van der Waals surface area contributed by atoms with Gasteiger partial charge in [-0.1, -0.05) is 56.6 Å². The van der Waals surface area contributed by atoms with E-state index in [-0.39, 0.29) is 29.6 Å². The van der Waals surface area contributed by atoms with Gasteiger partial charge in [-0.25, -0.2) is 0 Å². The maximum atomic E-state index is 5.61. The summed E-state index contributed by atoms with van der Waals surface area (Å²) in [5.74, 6) is 0.919. The van der Waals surface area contributed by atoms with Gasteiger partial charge in [0.1, 0.15) is 13.6 Å². The van der Waals surface area contributed by atoms with Crippen molar-refractivity contribution in [1.29, 1.82) is 0 Å². The van der Waals surface area contributed by atoms with Gasteiger partial charge in [0.05, 0.1) is 6.61 Å². The summed E-state index contributed by atoms with van der Waals surface area (Å²) in [6, 6.07) is 7.59. The summed E-state index contributed by atoms with van der Waals surface area (Å²) >= 11 is 0. The fourth-order valence-electron chi connectivity index (χ4n) is 1.64. The average molecular weight is 239 g/mol. The molecule has 0 saturated carbocycles. The Morgan fingerprint density at radius 2 is 1.53 bits per heavy atom. The van der Waals surface area contributed by atoms with E-state index < -0.39 is 0 Å². The zero-order valence-electron chi connectivity index (χ0n) is 11.2. The van der Waals surface area contributed by atoms with Crippen LogP contribution in [0.2, 0.25) is 0 Å². The number of benzene rings is 1. The first-order valence-corrected chi connectivity index (χ1v) is 6.31. The largest absolute Gasteiger partial charge is 0.494 e. The van der Waals surface area contributed by atoms with Crippen LogP contribution in [0.1, 0.15) is 45.4 Å².